The fourth-order valence-electron chi connectivity index (χ4n) is 1.98. The van der Waals surface area contributed by atoms with Crippen LogP contribution in [0.3, 0.4) is 0 Å². The lowest BCUT2D eigenvalue weighted by atomic mass is 10.1. The van der Waals surface area contributed by atoms with Crippen molar-refractivity contribution in [3.63, 3.8) is 0 Å². The number of hydrogen-bond acceptors (Lipinski definition) is 4. The second kappa shape index (κ2) is 4.65. The van der Waals surface area contributed by atoms with E-state index in [4.69, 9.17) is 4.74 Å². The Labute approximate surface area is 94.2 Å². The van der Waals surface area contributed by atoms with Gasteiger partial charge in [-0.3, -0.25) is 4.79 Å². The van der Waals surface area contributed by atoms with Gasteiger partial charge in [-0.1, -0.05) is 0 Å². The summed E-state index contributed by atoms with van der Waals surface area (Å²) in [6.07, 6.45) is 2.40. The molecule has 0 radical (unpaired) electrons. The molecule has 0 spiro atoms. The first kappa shape index (κ1) is 11.1. The van der Waals surface area contributed by atoms with Crippen molar-refractivity contribution in [2.45, 2.75) is 38.8 Å². The molecule has 5 nitrogen and oxygen atoms in total. The molecule has 0 aliphatic carbocycles. The van der Waals surface area contributed by atoms with Crippen LogP contribution in [0.2, 0.25) is 0 Å². The van der Waals surface area contributed by atoms with Gasteiger partial charge in [0, 0.05) is 12.7 Å². The van der Waals surface area contributed by atoms with Gasteiger partial charge in [-0.05, 0) is 26.7 Å². The van der Waals surface area contributed by atoms with E-state index in [1.807, 2.05) is 6.92 Å². The molecule has 2 unspecified atom stereocenters. The molecule has 1 aliphatic rings. The number of nitrogens with one attached hydrogen (secondary N) is 2. The molecule has 0 aromatic carbocycles. The summed E-state index contributed by atoms with van der Waals surface area (Å²) in [6, 6.07) is 1.65. The Morgan fingerprint density at radius 1 is 1.69 bits per heavy atom. The van der Waals surface area contributed by atoms with E-state index in [-0.39, 0.29) is 17.7 Å². The van der Waals surface area contributed by atoms with Crippen LogP contribution in [-0.2, 0) is 4.74 Å². The predicted molar refractivity (Wildman–Crippen MR) is 61.7 cm³/mol. The summed E-state index contributed by atoms with van der Waals surface area (Å²) in [7, 11) is 0. The zero-order valence-electron chi connectivity index (χ0n) is 9.62. The van der Waals surface area contributed by atoms with Crippen LogP contribution in [0.5, 0.6) is 0 Å². The average molecular weight is 223 g/mol. The lowest BCUT2D eigenvalue weighted by molar-refractivity contribution is 0.0995. The third kappa shape index (κ3) is 2.61. The minimum atomic E-state index is -0.130. The van der Waals surface area contributed by atoms with E-state index in [1.165, 1.54) is 6.07 Å². The van der Waals surface area contributed by atoms with E-state index >= 15 is 0 Å². The smallest absolute Gasteiger partial charge is 0.252 e. The van der Waals surface area contributed by atoms with Gasteiger partial charge in [-0.15, -0.1) is 0 Å². The molecular weight excluding hydrogens is 206 g/mol. The maximum atomic E-state index is 11.2. The molecule has 0 bridgehead atoms. The van der Waals surface area contributed by atoms with Crippen LogP contribution < -0.4 is 10.9 Å². The second-order valence-electron chi connectivity index (χ2n) is 4.20. The summed E-state index contributed by atoms with van der Waals surface area (Å²) >= 11 is 0. The minimum Gasteiger partial charge on any atom is -0.376 e. The number of aromatic nitrogens is 2. The highest BCUT2D eigenvalue weighted by Crippen LogP contribution is 2.17. The van der Waals surface area contributed by atoms with Crippen molar-refractivity contribution in [2.75, 3.05) is 11.9 Å². The molecule has 1 fully saturated rings. The maximum Gasteiger partial charge on any atom is 0.252 e. The van der Waals surface area contributed by atoms with Crippen molar-refractivity contribution in [2.24, 2.45) is 0 Å². The molecular formula is C11H17N3O2. The van der Waals surface area contributed by atoms with Crippen LogP contribution in [-0.4, -0.2) is 28.7 Å². The first-order valence-electron chi connectivity index (χ1n) is 5.61. The quantitative estimate of drug-likeness (QED) is 0.804. The monoisotopic (exact) mass is 223 g/mol. The minimum absolute atomic E-state index is 0.130. The number of nitrogens with zero attached hydrogens (tertiary/aromatic N) is 1. The summed E-state index contributed by atoms with van der Waals surface area (Å²) in [5.74, 6) is 1.23. The second-order valence-corrected chi connectivity index (χ2v) is 4.20. The van der Waals surface area contributed by atoms with E-state index in [9.17, 15) is 4.79 Å². The molecule has 5 heteroatoms. The maximum absolute atomic E-state index is 11.2. The van der Waals surface area contributed by atoms with Crippen molar-refractivity contribution in [1.29, 1.82) is 0 Å². The van der Waals surface area contributed by atoms with Gasteiger partial charge in [0.05, 0.1) is 12.1 Å². The van der Waals surface area contributed by atoms with Crippen LogP contribution in [0.25, 0.3) is 0 Å². The Bertz CT molecular complexity index is 410. The van der Waals surface area contributed by atoms with Gasteiger partial charge >= 0.3 is 0 Å². The Morgan fingerprint density at radius 3 is 3.12 bits per heavy atom. The average Bonchev–Trinajstić information content (AvgIpc) is 2.68. The fourth-order valence-corrected chi connectivity index (χ4v) is 1.98. The van der Waals surface area contributed by atoms with Gasteiger partial charge in [-0.25, -0.2) is 4.98 Å². The van der Waals surface area contributed by atoms with E-state index in [0.29, 0.717) is 11.6 Å². The van der Waals surface area contributed by atoms with E-state index in [0.717, 1.165) is 19.4 Å². The van der Waals surface area contributed by atoms with Gasteiger partial charge < -0.3 is 15.0 Å². The van der Waals surface area contributed by atoms with Crippen LogP contribution in [0.15, 0.2) is 10.9 Å². The van der Waals surface area contributed by atoms with Crippen LogP contribution in [0.1, 0.15) is 25.6 Å². The number of ether oxygens (including phenoxy) is 1. The summed E-state index contributed by atoms with van der Waals surface area (Å²) in [4.78, 5) is 18.1. The molecule has 2 atom stereocenters. The highest BCUT2D eigenvalue weighted by atomic mass is 16.5. The Hall–Kier alpha value is -1.36. The summed E-state index contributed by atoms with van der Waals surface area (Å²) in [5, 5.41) is 3.21. The Balaban J connectivity index is 2.05. The van der Waals surface area contributed by atoms with Crippen molar-refractivity contribution < 1.29 is 4.74 Å². The van der Waals surface area contributed by atoms with Crippen molar-refractivity contribution in [3.05, 3.63) is 22.2 Å². The first-order valence-corrected chi connectivity index (χ1v) is 5.61. The van der Waals surface area contributed by atoms with E-state index < -0.39 is 0 Å². The number of anilines is 1. The molecule has 1 aromatic rings. The van der Waals surface area contributed by atoms with Crippen molar-refractivity contribution in [1.82, 2.24) is 9.97 Å². The molecule has 2 heterocycles. The Kier molecular flexibility index (Phi) is 3.24. The largest absolute Gasteiger partial charge is 0.376 e. The zero-order valence-corrected chi connectivity index (χ0v) is 9.62. The van der Waals surface area contributed by atoms with Crippen molar-refractivity contribution >= 4 is 5.82 Å². The Morgan fingerprint density at radius 2 is 2.50 bits per heavy atom. The molecule has 1 saturated heterocycles. The molecule has 2 rings (SSSR count). The van der Waals surface area contributed by atoms with Gasteiger partial charge in [0.2, 0.25) is 0 Å². The van der Waals surface area contributed by atoms with Crippen molar-refractivity contribution in [3.8, 4) is 0 Å². The lowest BCUT2D eigenvalue weighted by Gasteiger charge is -2.20. The summed E-state index contributed by atoms with van der Waals surface area (Å²) < 4.78 is 5.57. The summed E-state index contributed by atoms with van der Waals surface area (Å²) in [5.41, 5.74) is -0.130. The first-order chi connectivity index (χ1) is 7.65. The topological polar surface area (TPSA) is 67.0 Å². The molecule has 0 amide bonds. The predicted octanol–water partition coefficient (Wildman–Crippen LogP) is 1.06. The van der Waals surface area contributed by atoms with Crippen LogP contribution >= 0.6 is 0 Å². The molecule has 16 heavy (non-hydrogen) atoms. The number of H-pyrrole nitrogens is 1. The SMILES string of the molecule is Cc1nc(NC(C)C2CCCO2)cc(=O)[nH]1. The molecule has 0 saturated carbocycles. The highest BCUT2D eigenvalue weighted by Gasteiger charge is 2.22. The molecule has 88 valence electrons. The van der Waals surface area contributed by atoms with E-state index in [1.54, 1.807) is 6.92 Å². The fraction of sp³-hybridized carbons (Fsp3) is 0.636. The normalized spacial score (nSPS) is 22.0. The molecule has 2 N–H and O–H groups in total. The van der Waals surface area contributed by atoms with Gasteiger partial charge in [0.1, 0.15) is 11.6 Å². The van der Waals surface area contributed by atoms with Gasteiger partial charge in [0.15, 0.2) is 0 Å². The third-order valence-electron chi connectivity index (χ3n) is 2.76. The molecule has 1 aliphatic heterocycles. The standard InChI is InChI=1S/C11H17N3O2/c1-7(9-4-3-5-16-9)12-10-6-11(15)14-8(2)13-10/h6-7,9H,3-5H2,1-2H3,(H2,12,13,14,15). The number of rotatable bonds is 3. The number of aryl methyl sites for hydroxylation is 1. The van der Waals surface area contributed by atoms with Gasteiger partial charge in [0.25, 0.3) is 5.56 Å². The van der Waals surface area contributed by atoms with Crippen LogP contribution in [0.4, 0.5) is 5.82 Å². The number of hydrogen-bond donors (Lipinski definition) is 2. The van der Waals surface area contributed by atoms with Crippen LogP contribution in [0, 0.1) is 6.92 Å². The van der Waals surface area contributed by atoms with E-state index in [2.05, 4.69) is 15.3 Å². The zero-order chi connectivity index (χ0) is 11.5. The molecule has 1 aromatic heterocycles. The van der Waals surface area contributed by atoms with Gasteiger partial charge in [-0.2, -0.15) is 0 Å². The lowest BCUT2D eigenvalue weighted by Crippen LogP contribution is -2.31. The third-order valence-corrected chi connectivity index (χ3v) is 2.76. The number of aromatic amines is 1. The summed E-state index contributed by atoms with van der Waals surface area (Å²) in [6.45, 7) is 4.65. The highest BCUT2D eigenvalue weighted by molar-refractivity contribution is 5.34.